The lowest BCUT2D eigenvalue weighted by atomic mass is 10.0. The summed E-state index contributed by atoms with van der Waals surface area (Å²) >= 11 is 1.78. The number of halogens is 1. The highest BCUT2D eigenvalue weighted by Gasteiger charge is 2.19. The van der Waals surface area contributed by atoms with Crippen molar-refractivity contribution in [3.8, 4) is 0 Å². The number of hydrogen-bond donors (Lipinski definition) is 2. The molecule has 0 aliphatic carbocycles. The number of nitrogens with one attached hydrogen (secondary N) is 2. The fourth-order valence-corrected chi connectivity index (χ4v) is 5.15. The van der Waals surface area contributed by atoms with E-state index in [1.807, 2.05) is 6.07 Å². The molecule has 0 saturated carbocycles. The summed E-state index contributed by atoms with van der Waals surface area (Å²) in [5.41, 5.74) is 0.716. The number of nitrogens with zero attached hydrogens (tertiary/aromatic N) is 2. The Hall–Kier alpha value is -1.64. The Kier molecular flexibility index (Phi) is 6.72. The molecule has 2 fully saturated rings. The number of rotatable bonds is 6. The molecule has 2 N–H and O–H groups in total. The Morgan fingerprint density at radius 2 is 2.03 bits per heavy atom. The zero-order valence-corrected chi connectivity index (χ0v) is 17.7. The minimum absolute atomic E-state index is 0.0381. The van der Waals surface area contributed by atoms with Gasteiger partial charge in [0.1, 0.15) is 17.0 Å². The first-order valence-electron chi connectivity index (χ1n) is 10.5. The molecule has 0 unspecified atom stereocenters. The van der Waals surface area contributed by atoms with Crippen LogP contribution in [0.5, 0.6) is 0 Å². The quantitative estimate of drug-likeness (QED) is 0.747. The Morgan fingerprint density at radius 1 is 1.28 bits per heavy atom. The molecular formula is C21H29FN4O2S. The van der Waals surface area contributed by atoms with Gasteiger partial charge in [-0.3, -0.25) is 4.79 Å². The fourth-order valence-electron chi connectivity index (χ4n) is 4.09. The Bertz CT molecular complexity index is 892. The number of benzene rings is 1. The number of aromatic amines is 1. The highest BCUT2D eigenvalue weighted by atomic mass is 32.2. The average molecular weight is 421 g/mol. The van der Waals surface area contributed by atoms with Crippen molar-refractivity contribution in [1.29, 1.82) is 0 Å². The molecule has 4 rings (SSSR count). The van der Waals surface area contributed by atoms with Crippen LogP contribution in [-0.2, 0) is 10.5 Å². The van der Waals surface area contributed by atoms with Crippen LogP contribution in [0.2, 0.25) is 0 Å². The van der Waals surface area contributed by atoms with Gasteiger partial charge in [-0.2, -0.15) is 11.8 Å². The fraction of sp³-hybridized carbons (Fsp3) is 0.619. The molecule has 1 aromatic carbocycles. The molecular weight excluding hydrogens is 391 g/mol. The van der Waals surface area contributed by atoms with E-state index >= 15 is 0 Å². The van der Waals surface area contributed by atoms with Gasteiger partial charge in [-0.25, -0.2) is 9.37 Å². The summed E-state index contributed by atoms with van der Waals surface area (Å²) in [6.45, 7) is 6.92. The van der Waals surface area contributed by atoms with E-state index in [1.54, 1.807) is 11.8 Å². The molecule has 2 aliphatic heterocycles. The van der Waals surface area contributed by atoms with Gasteiger partial charge in [0.05, 0.1) is 11.3 Å². The zero-order valence-electron chi connectivity index (χ0n) is 16.9. The second-order valence-electron chi connectivity index (χ2n) is 7.84. The zero-order chi connectivity index (χ0) is 20.2. The molecule has 0 bridgehead atoms. The van der Waals surface area contributed by atoms with Crippen molar-refractivity contribution in [3.63, 3.8) is 0 Å². The molecule has 6 nitrogen and oxygen atoms in total. The first-order valence-corrected chi connectivity index (χ1v) is 11.6. The highest BCUT2D eigenvalue weighted by molar-refractivity contribution is 7.99. The summed E-state index contributed by atoms with van der Waals surface area (Å²) < 4.78 is 20.1. The standard InChI is InChI=1S/C21H29FN4O2S/c1-2-26-7-3-14(4-8-26)23-15-11-17(22)20-18(12-15)24-19(25-21(20)27)13-29-16-5-9-28-10-6-16/h11-12,14,16,23H,2-10,13H2,1H3,(H,24,25,27). The van der Waals surface area contributed by atoms with Crippen LogP contribution < -0.4 is 10.9 Å². The third-order valence-corrected chi connectivity index (χ3v) is 7.22. The number of likely N-dealkylation sites (tertiary alicyclic amines) is 1. The summed E-state index contributed by atoms with van der Waals surface area (Å²) in [7, 11) is 0. The Labute approximate surface area is 174 Å². The van der Waals surface area contributed by atoms with Gasteiger partial charge in [-0.15, -0.1) is 0 Å². The van der Waals surface area contributed by atoms with Crippen LogP contribution in [0.25, 0.3) is 10.9 Å². The van der Waals surface area contributed by atoms with Gasteiger partial charge in [0.25, 0.3) is 5.56 Å². The van der Waals surface area contributed by atoms with Crippen molar-refractivity contribution in [3.05, 3.63) is 34.1 Å². The average Bonchev–Trinajstić information content (AvgIpc) is 2.73. The summed E-state index contributed by atoms with van der Waals surface area (Å²) in [5, 5.41) is 4.00. The number of aromatic nitrogens is 2. The van der Waals surface area contributed by atoms with Gasteiger partial charge in [0, 0.05) is 43.3 Å². The molecule has 2 saturated heterocycles. The summed E-state index contributed by atoms with van der Waals surface area (Å²) in [6.07, 6.45) is 4.09. The number of piperidine rings is 1. The molecule has 1 aromatic heterocycles. The number of thioether (sulfide) groups is 1. The lowest BCUT2D eigenvalue weighted by Crippen LogP contribution is -2.38. The van der Waals surface area contributed by atoms with Crippen molar-refractivity contribution < 1.29 is 9.13 Å². The lowest BCUT2D eigenvalue weighted by molar-refractivity contribution is 0.1000. The van der Waals surface area contributed by atoms with Crippen LogP contribution in [-0.4, -0.2) is 59.0 Å². The van der Waals surface area contributed by atoms with E-state index in [2.05, 4.69) is 27.1 Å². The normalized spacial score (nSPS) is 19.7. The highest BCUT2D eigenvalue weighted by Crippen LogP contribution is 2.26. The lowest BCUT2D eigenvalue weighted by Gasteiger charge is -2.32. The maximum atomic E-state index is 14.7. The summed E-state index contributed by atoms with van der Waals surface area (Å²) in [5.74, 6) is 0.699. The predicted octanol–water partition coefficient (Wildman–Crippen LogP) is 3.37. The van der Waals surface area contributed by atoms with Gasteiger partial charge in [0.15, 0.2) is 0 Å². The molecule has 3 heterocycles. The molecule has 2 aliphatic rings. The second kappa shape index (κ2) is 9.45. The summed E-state index contributed by atoms with van der Waals surface area (Å²) in [6, 6.07) is 3.55. The topological polar surface area (TPSA) is 70.2 Å². The van der Waals surface area contributed by atoms with Crippen LogP contribution in [0.1, 0.15) is 38.4 Å². The van der Waals surface area contributed by atoms with Gasteiger partial charge >= 0.3 is 0 Å². The first kappa shape index (κ1) is 20.6. The molecule has 0 amide bonds. The van der Waals surface area contributed by atoms with Crippen LogP contribution in [0.3, 0.4) is 0 Å². The van der Waals surface area contributed by atoms with E-state index in [0.29, 0.717) is 34.1 Å². The number of hydrogen-bond acceptors (Lipinski definition) is 6. The minimum Gasteiger partial charge on any atom is -0.382 e. The van der Waals surface area contributed by atoms with Gasteiger partial charge in [0.2, 0.25) is 0 Å². The third-order valence-electron chi connectivity index (χ3n) is 5.84. The number of H-pyrrole nitrogens is 1. The Balaban J connectivity index is 1.49. The largest absolute Gasteiger partial charge is 0.382 e. The monoisotopic (exact) mass is 420 g/mol. The number of ether oxygens (including phenoxy) is 1. The van der Waals surface area contributed by atoms with Gasteiger partial charge in [-0.1, -0.05) is 6.92 Å². The van der Waals surface area contributed by atoms with E-state index in [0.717, 1.165) is 58.5 Å². The molecule has 8 heteroatoms. The summed E-state index contributed by atoms with van der Waals surface area (Å²) in [4.78, 5) is 22.2. The maximum Gasteiger partial charge on any atom is 0.261 e. The first-order chi connectivity index (χ1) is 14.1. The maximum absolute atomic E-state index is 14.7. The molecule has 0 radical (unpaired) electrons. The third kappa shape index (κ3) is 5.10. The van der Waals surface area contributed by atoms with Crippen molar-refractivity contribution >= 4 is 28.4 Å². The van der Waals surface area contributed by atoms with E-state index in [9.17, 15) is 9.18 Å². The van der Waals surface area contributed by atoms with E-state index in [-0.39, 0.29) is 5.39 Å². The molecule has 0 atom stereocenters. The van der Waals surface area contributed by atoms with Gasteiger partial charge in [-0.05, 0) is 44.4 Å². The van der Waals surface area contributed by atoms with Crippen LogP contribution in [0.15, 0.2) is 16.9 Å². The van der Waals surface area contributed by atoms with Crippen LogP contribution >= 0.6 is 11.8 Å². The van der Waals surface area contributed by atoms with Crippen LogP contribution in [0, 0.1) is 5.82 Å². The van der Waals surface area contributed by atoms with Crippen molar-refractivity contribution in [1.82, 2.24) is 14.9 Å². The molecule has 158 valence electrons. The smallest absolute Gasteiger partial charge is 0.261 e. The minimum atomic E-state index is -0.520. The van der Waals surface area contributed by atoms with E-state index in [1.165, 1.54) is 6.07 Å². The van der Waals surface area contributed by atoms with E-state index < -0.39 is 11.4 Å². The predicted molar refractivity (Wildman–Crippen MR) is 116 cm³/mol. The van der Waals surface area contributed by atoms with E-state index in [4.69, 9.17) is 4.74 Å². The van der Waals surface area contributed by atoms with Crippen molar-refractivity contribution in [2.24, 2.45) is 0 Å². The number of fused-ring (bicyclic) bond motifs is 1. The van der Waals surface area contributed by atoms with Crippen LogP contribution in [0.4, 0.5) is 10.1 Å². The Morgan fingerprint density at radius 3 is 2.76 bits per heavy atom. The number of anilines is 1. The SMILES string of the molecule is CCN1CCC(Nc2cc(F)c3c(=O)[nH]c(CSC4CCOCC4)nc3c2)CC1. The van der Waals surface area contributed by atoms with Crippen molar-refractivity contribution in [2.45, 2.75) is 49.7 Å². The molecule has 0 spiro atoms. The second-order valence-corrected chi connectivity index (χ2v) is 9.13. The molecule has 29 heavy (non-hydrogen) atoms. The molecule has 2 aromatic rings. The van der Waals surface area contributed by atoms with Crippen molar-refractivity contribution in [2.75, 3.05) is 38.2 Å². The van der Waals surface area contributed by atoms with Gasteiger partial charge < -0.3 is 19.9 Å².